The molecule has 0 aliphatic carbocycles. The number of anilines is 1. The van der Waals surface area contributed by atoms with Gasteiger partial charge in [-0.2, -0.15) is 13.2 Å². The first kappa shape index (κ1) is 17.2. The van der Waals surface area contributed by atoms with Crippen molar-refractivity contribution in [1.82, 2.24) is 9.88 Å². The number of halogens is 3. The number of hydrogen-bond acceptors (Lipinski definition) is 4. The van der Waals surface area contributed by atoms with E-state index in [1.54, 1.807) is 11.9 Å². The summed E-state index contributed by atoms with van der Waals surface area (Å²) in [6.07, 6.45) is -3.76. The standard InChI is InChI=1S/C13H20F3N5/c1-20(2)7-4-8-21(3)12-9(11(17)18)5-6-10(19-12)13(14,15)16/h5-6H,4,7-8H2,1-3H3,(H3,17,18). The molecule has 3 N–H and O–H groups in total. The van der Waals surface area contributed by atoms with E-state index in [1.165, 1.54) is 6.07 Å². The van der Waals surface area contributed by atoms with Crippen molar-refractivity contribution in [2.75, 3.05) is 39.1 Å². The Balaban J connectivity index is 3.03. The molecule has 0 amide bonds. The highest BCUT2D eigenvalue weighted by Gasteiger charge is 2.33. The summed E-state index contributed by atoms with van der Waals surface area (Å²) in [4.78, 5) is 7.21. The summed E-state index contributed by atoms with van der Waals surface area (Å²) in [6, 6.07) is 2.03. The second kappa shape index (κ2) is 6.75. The average Bonchev–Trinajstić information content (AvgIpc) is 2.36. The summed E-state index contributed by atoms with van der Waals surface area (Å²) < 4.78 is 38.2. The van der Waals surface area contributed by atoms with E-state index in [1.807, 2.05) is 19.0 Å². The summed E-state index contributed by atoms with van der Waals surface area (Å²) in [6.45, 7) is 1.32. The van der Waals surface area contributed by atoms with Crippen molar-refractivity contribution in [3.8, 4) is 0 Å². The number of nitrogen functional groups attached to an aromatic ring is 1. The van der Waals surface area contributed by atoms with Gasteiger partial charge < -0.3 is 15.5 Å². The van der Waals surface area contributed by atoms with E-state index in [0.29, 0.717) is 6.54 Å². The van der Waals surface area contributed by atoms with Gasteiger partial charge in [-0.25, -0.2) is 4.98 Å². The molecule has 0 aliphatic rings. The molecule has 0 radical (unpaired) electrons. The fraction of sp³-hybridized carbons (Fsp3) is 0.538. The van der Waals surface area contributed by atoms with Crippen LogP contribution in [-0.2, 0) is 6.18 Å². The number of nitrogens with one attached hydrogen (secondary N) is 1. The lowest BCUT2D eigenvalue weighted by molar-refractivity contribution is -0.141. The van der Waals surface area contributed by atoms with E-state index in [9.17, 15) is 13.2 Å². The van der Waals surface area contributed by atoms with Crippen LogP contribution in [-0.4, -0.2) is 50.0 Å². The zero-order chi connectivity index (χ0) is 16.2. The molecule has 1 rings (SSSR count). The number of amidine groups is 1. The van der Waals surface area contributed by atoms with Crippen LogP contribution < -0.4 is 10.6 Å². The van der Waals surface area contributed by atoms with Gasteiger partial charge in [-0.15, -0.1) is 0 Å². The van der Waals surface area contributed by atoms with Crippen LogP contribution in [0.3, 0.4) is 0 Å². The molecule has 0 saturated heterocycles. The maximum atomic E-state index is 12.7. The molecule has 0 spiro atoms. The predicted molar refractivity (Wildman–Crippen MR) is 76.7 cm³/mol. The van der Waals surface area contributed by atoms with Gasteiger partial charge in [0.15, 0.2) is 0 Å². The van der Waals surface area contributed by atoms with Gasteiger partial charge in [-0.05, 0) is 39.2 Å². The van der Waals surface area contributed by atoms with E-state index in [4.69, 9.17) is 11.1 Å². The van der Waals surface area contributed by atoms with Crippen molar-refractivity contribution in [2.24, 2.45) is 5.73 Å². The number of pyridine rings is 1. The van der Waals surface area contributed by atoms with Gasteiger partial charge in [0.25, 0.3) is 0 Å². The molecule has 118 valence electrons. The quantitative estimate of drug-likeness (QED) is 0.621. The number of alkyl halides is 3. The highest BCUT2D eigenvalue weighted by atomic mass is 19.4. The van der Waals surface area contributed by atoms with Crippen molar-refractivity contribution >= 4 is 11.7 Å². The Hall–Kier alpha value is -1.83. The first-order chi connectivity index (χ1) is 9.62. The number of nitrogens with zero attached hydrogens (tertiary/aromatic N) is 3. The van der Waals surface area contributed by atoms with Gasteiger partial charge in [-0.3, -0.25) is 5.41 Å². The van der Waals surface area contributed by atoms with Crippen LogP contribution in [0.25, 0.3) is 0 Å². The SMILES string of the molecule is CN(C)CCCN(C)c1nc(C(F)(F)F)ccc1C(=N)N. The lowest BCUT2D eigenvalue weighted by Gasteiger charge is -2.22. The van der Waals surface area contributed by atoms with Gasteiger partial charge in [-0.1, -0.05) is 0 Å². The van der Waals surface area contributed by atoms with Crippen molar-refractivity contribution in [2.45, 2.75) is 12.6 Å². The molecule has 0 aliphatic heterocycles. The van der Waals surface area contributed by atoms with Crippen LogP contribution in [0.4, 0.5) is 19.0 Å². The monoisotopic (exact) mass is 303 g/mol. The van der Waals surface area contributed by atoms with E-state index >= 15 is 0 Å². The van der Waals surface area contributed by atoms with Crippen LogP contribution >= 0.6 is 0 Å². The summed E-state index contributed by atoms with van der Waals surface area (Å²) in [7, 11) is 5.48. The highest BCUT2D eigenvalue weighted by molar-refractivity contribution is 5.99. The van der Waals surface area contributed by atoms with Crippen LogP contribution in [0.2, 0.25) is 0 Å². The zero-order valence-corrected chi connectivity index (χ0v) is 12.3. The Morgan fingerprint density at radius 3 is 2.33 bits per heavy atom. The third-order valence-corrected chi connectivity index (χ3v) is 2.92. The molecule has 0 aromatic carbocycles. The van der Waals surface area contributed by atoms with Crippen molar-refractivity contribution < 1.29 is 13.2 Å². The molecule has 0 atom stereocenters. The van der Waals surface area contributed by atoms with Crippen LogP contribution in [0.15, 0.2) is 12.1 Å². The molecule has 21 heavy (non-hydrogen) atoms. The van der Waals surface area contributed by atoms with Gasteiger partial charge >= 0.3 is 6.18 Å². The van der Waals surface area contributed by atoms with Gasteiger partial charge in [0, 0.05) is 13.6 Å². The van der Waals surface area contributed by atoms with Crippen LogP contribution in [0, 0.1) is 5.41 Å². The third kappa shape index (κ3) is 4.89. The fourth-order valence-corrected chi connectivity index (χ4v) is 1.84. The minimum Gasteiger partial charge on any atom is -0.384 e. The maximum absolute atomic E-state index is 12.7. The first-order valence-corrected chi connectivity index (χ1v) is 6.41. The van der Waals surface area contributed by atoms with Crippen LogP contribution in [0.5, 0.6) is 0 Å². The largest absolute Gasteiger partial charge is 0.433 e. The van der Waals surface area contributed by atoms with E-state index in [2.05, 4.69) is 4.98 Å². The van der Waals surface area contributed by atoms with Crippen molar-refractivity contribution in [3.63, 3.8) is 0 Å². The summed E-state index contributed by atoms with van der Waals surface area (Å²) in [5.41, 5.74) is 4.64. The van der Waals surface area contributed by atoms with Crippen molar-refractivity contribution in [1.29, 1.82) is 5.41 Å². The van der Waals surface area contributed by atoms with Gasteiger partial charge in [0.2, 0.25) is 0 Å². The number of nitrogens with two attached hydrogens (primary N) is 1. The number of rotatable bonds is 6. The van der Waals surface area contributed by atoms with Gasteiger partial charge in [0.1, 0.15) is 17.3 Å². The predicted octanol–water partition coefficient (Wildman–Crippen LogP) is 1.77. The average molecular weight is 303 g/mol. The molecule has 1 aromatic heterocycles. The maximum Gasteiger partial charge on any atom is 0.433 e. The lowest BCUT2D eigenvalue weighted by atomic mass is 10.2. The minimum atomic E-state index is -4.52. The zero-order valence-electron chi connectivity index (χ0n) is 12.3. The number of hydrogen-bond donors (Lipinski definition) is 2. The summed E-state index contributed by atoms with van der Waals surface area (Å²) in [5, 5.41) is 7.46. The molecular weight excluding hydrogens is 283 g/mol. The Kier molecular flexibility index (Phi) is 5.54. The van der Waals surface area contributed by atoms with Gasteiger partial charge in [0.05, 0.1) is 5.56 Å². The highest BCUT2D eigenvalue weighted by Crippen LogP contribution is 2.30. The molecule has 0 unspecified atom stereocenters. The third-order valence-electron chi connectivity index (χ3n) is 2.92. The Morgan fingerprint density at radius 2 is 1.86 bits per heavy atom. The summed E-state index contributed by atoms with van der Waals surface area (Å²) >= 11 is 0. The molecule has 0 fully saturated rings. The molecule has 0 saturated carbocycles. The normalized spacial score (nSPS) is 11.8. The van der Waals surface area contributed by atoms with Crippen LogP contribution in [0.1, 0.15) is 17.7 Å². The molecule has 1 heterocycles. The second-order valence-electron chi connectivity index (χ2n) is 5.06. The van der Waals surface area contributed by atoms with E-state index in [0.717, 1.165) is 19.0 Å². The molecule has 0 bridgehead atoms. The first-order valence-electron chi connectivity index (χ1n) is 6.41. The minimum absolute atomic E-state index is 0.0797. The van der Waals surface area contributed by atoms with Crippen molar-refractivity contribution in [3.05, 3.63) is 23.4 Å². The topological polar surface area (TPSA) is 69.2 Å². The summed E-state index contributed by atoms with van der Waals surface area (Å²) in [5.74, 6) is -0.221. The fourth-order valence-electron chi connectivity index (χ4n) is 1.84. The Labute approximate surface area is 122 Å². The van der Waals surface area contributed by atoms with E-state index in [-0.39, 0.29) is 17.2 Å². The second-order valence-corrected chi connectivity index (χ2v) is 5.06. The molecule has 1 aromatic rings. The molecule has 8 heteroatoms. The molecular formula is C13H20F3N5. The number of aromatic nitrogens is 1. The van der Waals surface area contributed by atoms with E-state index < -0.39 is 11.9 Å². The Morgan fingerprint density at radius 1 is 1.24 bits per heavy atom. The Bertz CT molecular complexity index is 499. The molecule has 5 nitrogen and oxygen atoms in total. The lowest BCUT2D eigenvalue weighted by Crippen LogP contribution is -2.28. The smallest absolute Gasteiger partial charge is 0.384 e.